The molecule has 1 fully saturated rings. The number of guanidine groups is 1. The van der Waals surface area contributed by atoms with E-state index in [-0.39, 0.29) is 24.0 Å². The maximum atomic E-state index is 10.4. The van der Waals surface area contributed by atoms with Gasteiger partial charge in [-0.3, -0.25) is 4.99 Å². The molecule has 0 saturated carbocycles. The molecule has 7 heteroatoms. The number of nitrogens with zero attached hydrogens (tertiary/aromatic N) is 2. The van der Waals surface area contributed by atoms with Crippen LogP contribution in [0.3, 0.4) is 0 Å². The van der Waals surface area contributed by atoms with Crippen molar-refractivity contribution in [2.24, 2.45) is 4.99 Å². The normalized spacial score (nSPS) is 20.8. The molecule has 1 aromatic carbocycles. The highest BCUT2D eigenvalue weighted by Crippen LogP contribution is 2.27. The van der Waals surface area contributed by atoms with Crippen molar-refractivity contribution in [2.45, 2.75) is 18.6 Å². The highest BCUT2D eigenvalue weighted by molar-refractivity contribution is 14.0. The lowest BCUT2D eigenvalue weighted by molar-refractivity contribution is 0.0718. The van der Waals surface area contributed by atoms with Gasteiger partial charge in [-0.2, -0.15) is 11.8 Å². The van der Waals surface area contributed by atoms with E-state index in [0.717, 1.165) is 41.7 Å². The Labute approximate surface area is 159 Å². The van der Waals surface area contributed by atoms with Gasteiger partial charge in [0.1, 0.15) is 5.75 Å². The number of benzene rings is 1. The van der Waals surface area contributed by atoms with Crippen molar-refractivity contribution in [1.29, 1.82) is 0 Å². The van der Waals surface area contributed by atoms with Crippen LogP contribution in [0.1, 0.15) is 12.0 Å². The van der Waals surface area contributed by atoms with Gasteiger partial charge < -0.3 is 20.1 Å². The number of hydrogen-bond acceptors (Lipinski definition) is 4. The Morgan fingerprint density at radius 1 is 1.52 bits per heavy atom. The Morgan fingerprint density at radius 2 is 2.30 bits per heavy atom. The molecule has 0 bridgehead atoms. The second-order valence-corrected chi connectivity index (χ2v) is 6.74. The summed E-state index contributed by atoms with van der Waals surface area (Å²) < 4.78 is 5.25. The van der Waals surface area contributed by atoms with Gasteiger partial charge in [0.15, 0.2) is 5.96 Å². The van der Waals surface area contributed by atoms with Gasteiger partial charge in [-0.05, 0) is 29.9 Å². The van der Waals surface area contributed by atoms with Gasteiger partial charge in [0, 0.05) is 32.9 Å². The van der Waals surface area contributed by atoms with Crippen molar-refractivity contribution < 1.29 is 9.84 Å². The molecule has 1 aliphatic rings. The van der Waals surface area contributed by atoms with E-state index < -0.39 is 5.60 Å². The predicted octanol–water partition coefficient (Wildman–Crippen LogP) is 2.19. The maximum absolute atomic E-state index is 10.4. The zero-order chi connectivity index (χ0) is 16.0. The third-order valence-electron chi connectivity index (χ3n) is 3.79. The number of thioether (sulfide) groups is 1. The number of methoxy groups -OCH3 is 1. The highest BCUT2D eigenvalue weighted by Gasteiger charge is 2.31. The van der Waals surface area contributed by atoms with Crippen molar-refractivity contribution in [2.75, 3.05) is 39.3 Å². The lowest BCUT2D eigenvalue weighted by Gasteiger charge is -2.27. The fourth-order valence-corrected chi connectivity index (χ4v) is 3.78. The Kier molecular flexibility index (Phi) is 8.49. The van der Waals surface area contributed by atoms with E-state index in [2.05, 4.69) is 16.4 Å². The molecule has 0 amide bonds. The van der Waals surface area contributed by atoms with E-state index in [9.17, 15) is 5.11 Å². The van der Waals surface area contributed by atoms with Crippen molar-refractivity contribution in [3.05, 3.63) is 29.8 Å². The van der Waals surface area contributed by atoms with Gasteiger partial charge in [-0.1, -0.05) is 12.1 Å². The minimum Gasteiger partial charge on any atom is -0.497 e. The second-order valence-electron chi connectivity index (χ2n) is 5.64. The third-order valence-corrected chi connectivity index (χ3v) is 5.02. The number of ether oxygens (including phenoxy) is 1. The van der Waals surface area contributed by atoms with E-state index >= 15 is 0 Å². The van der Waals surface area contributed by atoms with E-state index in [1.54, 1.807) is 25.9 Å². The number of nitrogens with one attached hydrogen (secondary N) is 1. The molecule has 1 unspecified atom stereocenters. The highest BCUT2D eigenvalue weighted by atomic mass is 127. The van der Waals surface area contributed by atoms with Crippen LogP contribution in [0.4, 0.5) is 0 Å². The van der Waals surface area contributed by atoms with E-state index in [1.165, 1.54) is 0 Å². The maximum Gasteiger partial charge on any atom is 0.193 e. The van der Waals surface area contributed by atoms with Crippen LogP contribution in [0.2, 0.25) is 0 Å². The number of aliphatic imine (C=N–C) groups is 1. The van der Waals surface area contributed by atoms with Crippen LogP contribution in [-0.2, 0) is 6.54 Å². The molecule has 0 aliphatic carbocycles. The summed E-state index contributed by atoms with van der Waals surface area (Å²) in [5.41, 5.74) is 0.539. The molecule has 1 heterocycles. The van der Waals surface area contributed by atoms with Crippen LogP contribution >= 0.6 is 35.7 Å². The first kappa shape index (κ1) is 20.4. The lowest BCUT2D eigenvalue weighted by atomic mass is 10.0. The predicted molar refractivity (Wildman–Crippen MR) is 108 cm³/mol. The van der Waals surface area contributed by atoms with Crippen LogP contribution in [0.5, 0.6) is 5.75 Å². The zero-order valence-electron chi connectivity index (χ0n) is 13.9. The summed E-state index contributed by atoms with van der Waals surface area (Å²) in [6, 6.07) is 8.00. The lowest BCUT2D eigenvalue weighted by Crippen LogP contribution is -2.47. The van der Waals surface area contributed by atoms with Gasteiger partial charge in [0.25, 0.3) is 0 Å². The Bertz CT molecular complexity index is 522. The molecule has 0 aromatic heterocycles. The van der Waals surface area contributed by atoms with Crippen molar-refractivity contribution in [1.82, 2.24) is 10.2 Å². The Balaban J connectivity index is 0.00000264. The standard InChI is InChI=1S/C16H25N3O2S.HI/c1-17-15(18-11-16(20)7-8-22-12-16)19(2)10-13-5-4-6-14(9-13)21-3;/h4-6,9,20H,7-8,10-12H2,1-3H3,(H,17,18);1H. The Morgan fingerprint density at radius 3 is 2.91 bits per heavy atom. The van der Waals surface area contributed by atoms with Gasteiger partial charge in [0.2, 0.25) is 0 Å². The average Bonchev–Trinajstić information content (AvgIpc) is 2.95. The number of aliphatic hydroxyl groups is 1. The number of hydrogen-bond donors (Lipinski definition) is 2. The molecule has 23 heavy (non-hydrogen) atoms. The molecule has 1 aromatic rings. The van der Waals surface area contributed by atoms with Crippen LogP contribution in [-0.4, -0.2) is 60.8 Å². The quantitative estimate of drug-likeness (QED) is 0.409. The topological polar surface area (TPSA) is 57.1 Å². The summed E-state index contributed by atoms with van der Waals surface area (Å²) in [7, 11) is 5.42. The minimum atomic E-state index is -0.614. The molecule has 2 N–H and O–H groups in total. The second kappa shape index (κ2) is 9.58. The largest absolute Gasteiger partial charge is 0.497 e. The average molecular weight is 451 g/mol. The zero-order valence-corrected chi connectivity index (χ0v) is 17.1. The van der Waals surface area contributed by atoms with E-state index in [4.69, 9.17) is 4.74 Å². The first-order chi connectivity index (χ1) is 10.6. The molecular formula is C16H26IN3O2S. The molecule has 130 valence electrons. The van der Waals surface area contributed by atoms with Gasteiger partial charge in [0.05, 0.1) is 12.7 Å². The molecule has 1 aliphatic heterocycles. The molecule has 1 saturated heterocycles. The molecular weight excluding hydrogens is 425 g/mol. The molecule has 5 nitrogen and oxygen atoms in total. The summed E-state index contributed by atoms with van der Waals surface area (Å²) in [6.07, 6.45) is 0.835. The fourth-order valence-electron chi connectivity index (χ4n) is 2.48. The fraction of sp³-hybridized carbons (Fsp3) is 0.562. The SMILES string of the molecule is CN=C(NCC1(O)CCSC1)N(C)Cc1cccc(OC)c1.I. The van der Waals surface area contributed by atoms with Crippen LogP contribution in [0, 0.1) is 0 Å². The van der Waals surface area contributed by atoms with Crippen LogP contribution in [0.25, 0.3) is 0 Å². The first-order valence-corrected chi connectivity index (χ1v) is 8.57. The van der Waals surface area contributed by atoms with Gasteiger partial charge in [-0.15, -0.1) is 24.0 Å². The van der Waals surface area contributed by atoms with Gasteiger partial charge >= 0.3 is 0 Å². The summed E-state index contributed by atoms with van der Waals surface area (Å²) in [6.45, 7) is 1.26. The van der Waals surface area contributed by atoms with Crippen molar-refractivity contribution in [3.63, 3.8) is 0 Å². The first-order valence-electron chi connectivity index (χ1n) is 7.41. The summed E-state index contributed by atoms with van der Waals surface area (Å²) in [4.78, 5) is 6.34. The smallest absolute Gasteiger partial charge is 0.193 e. The molecule has 0 radical (unpaired) electrons. The van der Waals surface area contributed by atoms with E-state index in [1.807, 2.05) is 30.1 Å². The van der Waals surface area contributed by atoms with Gasteiger partial charge in [-0.25, -0.2) is 0 Å². The molecule has 0 spiro atoms. The summed E-state index contributed by atoms with van der Waals surface area (Å²) in [5, 5.41) is 13.7. The van der Waals surface area contributed by atoms with Crippen LogP contribution < -0.4 is 10.1 Å². The molecule has 2 rings (SSSR count). The summed E-state index contributed by atoms with van der Waals surface area (Å²) in [5.74, 6) is 3.45. The van der Waals surface area contributed by atoms with Crippen molar-refractivity contribution >= 4 is 41.7 Å². The van der Waals surface area contributed by atoms with Crippen molar-refractivity contribution in [3.8, 4) is 5.75 Å². The summed E-state index contributed by atoms with van der Waals surface area (Å²) >= 11 is 1.80. The number of halogens is 1. The van der Waals surface area contributed by atoms with E-state index in [0.29, 0.717) is 6.54 Å². The van der Waals surface area contributed by atoms with Crippen LogP contribution in [0.15, 0.2) is 29.3 Å². The Hall–Kier alpha value is -0.670. The monoisotopic (exact) mass is 451 g/mol. The number of rotatable bonds is 5. The third kappa shape index (κ3) is 6.04. The minimum absolute atomic E-state index is 0. The molecule has 1 atom stereocenters.